The number of piperidine rings is 1. The van der Waals surface area contributed by atoms with Crippen LogP contribution in [0.4, 0.5) is 5.69 Å². The molecule has 1 aromatic carbocycles. The lowest BCUT2D eigenvalue weighted by Gasteiger charge is -2.37. The lowest BCUT2D eigenvalue weighted by molar-refractivity contribution is -0.386. The Balaban J connectivity index is 0.00000364. The maximum atomic E-state index is 12.6. The molecule has 152 valence electrons. The molecule has 1 saturated heterocycles. The molecule has 0 aliphatic carbocycles. The first-order chi connectivity index (χ1) is 12.2. The van der Waals surface area contributed by atoms with E-state index in [0.29, 0.717) is 24.3 Å². The number of nitrogens with zero attached hydrogens (tertiary/aromatic N) is 1. The predicted octanol–water partition coefficient (Wildman–Crippen LogP) is 3.06. The molecule has 0 aromatic heterocycles. The maximum absolute atomic E-state index is 12.6. The number of amides is 1. The number of nitrogens with one attached hydrogen (secondary N) is 2. The zero-order valence-corrected chi connectivity index (χ0v) is 17.3. The van der Waals surface area contributed by atoms with Gasteiger partial charge in [-0.15, -0.1) is 12.4 Å². The van der Waals surface area contributed by atoms with Gasteiger partial charge in [0.1, 0.15) is 0 Å². The van der Waals surface area contributed by atoms with E-state index in [4.69, 9.17) is 4.74 Å². The summed E-state index contributed by atoms with van der Waals surface area (Å²) in [4.78, 5) is 23.6. The van der Waals surface area contributed by atoms with Gasteiger partial charge in [-0.05, 0) is 37.4 Å². The molecule has 1 fully saturated rings. The van der Waals surface area contributed by atoms with E-state index in [1.54, 1.807) is 19.2 Å². The van der Waals surface area contributed by atoms with Crippen molar-refractivity contribution in [3.05, 3.63) is 39.4 Å². The molecule has 2 N–H and O–H groups in total. The van der Waals surface area contributed by atoms with E-state index < -0.39 is 4.92 Å². The van der Waals surface area contributed by atoms with Gasteiger partial charge in [-0.3, -0.25) is 14.9 Å². The molecular formula is C19H30ClN3O4. The van der Waals surface area contributed by atoms with Crippen LogP contribution < -0.4 is 10.6 Å². The minimum Gasteiger partial charge on any atom is -0.384 e. The SMILES string of the molecule is COCC1(CNC(=O)c2ccc(C(C)(C)C)c([N+](=O)[O-])c2)CCNCC1.Cl. The van der Waals surface area contributed by atoms with E-state index in [0.717, 1.165) is 25.9 Å². The number of nitro benzene ring substituents is 1. The van der Waals surface area contributed by atoms with E-state index in [-0.39, 0.29) is 34.8 Å². The summed E-state index contributed by atoms with van der Waals surface area (Å²) >= 11 is 0. The highest BCUT2D eigenvalue weighted by atomic mass is 35.5. The van der Waals surface area contributed by atoms with Gasteiger partial charge in [0.2, 0.25) is 0 Å². The van der Waals surface area contributed by atoms with Crippen LogP contribution in [-0.4, -0.2) is 44.2 Å². The van der Waals surface area contributed by atoms with Gasteiger partial charge in [0.25, 0.3) is 11.6 Å². The number of methoxy groups -OCH3 is 1. The van der Waals surface area contributed by atoms with Gasteiger partial charge in [0, 0.05) is 36.3 Å². The first-order valence-electron chi connectivity index (χ1n) is 8.95. The highest BCUT2D eigenvalue weighted by Crippen LogP contribution is 2.32. The molecule has 27 heavy (non-hydrogen) atoms. The average Bonchev–Trinajstić information content (AvgIpc) is 2.59. The summed E-state index contributed by atoms with van der Waals surface area (Å²) in [5.74, 6) is -0.289. The smallest absolute Gasteiger partial charge is 0.273 e. The number of nitro groups is 1. The summed E-state index contributed by atoms with van der Waals surface area (Å²) in [6, 6.07) is 4.72. The van der Waals surface area contributed by atoms with Crippen molar-refractivity contribution >= 4 is 24.0 Å². The Hall–Kier alpha value is -1.70. The Morgan fingerprint density at radius 2 is 1.96 bits per heavy atom. The number of carbonyl (C=O) groups excluding carboxylic acids is 1. The molecule has 0 bridgehead atoms. The zero-order chi connectivity index (χ0) is 19.4. The molecule has 1 heterocycles. The zero-order valence-electron chi connectivity index (χ0n) is 16.5. The van der Waals surface area contributed by atoms with E-state index in [1.165, 1.54) is 6.07 Å². The molecule has 0 saturated carbocycles. The van der Waals surface area contributed by atoms with Crippen molar-refractivity contribution in [3.8, 4) is 0 Å². The molecule has 0 unspecified atom stereocenters. The Morgan fingerprint density at radius 1 is 1.33 bits per heavy atom. The minimum atomic E-state index is -0.420. The van der Waals surface area contributed by atoms with Gasteiger partial charge in [0.15, 0.2) is 0 Å². The van der Waals surface area contributed by atoms with Crippen molar-refractivity contribution in [1.29, 1.82) is 0 Å². The molecule has 8 heteroatoms. The normalized spacial score (nSPS) is 16.3. The second kappa shape index (κ2) is 9.48. The highest BCUT2D eigenvalue weighted by Gasteiger charge is 2.33. The van der Waals surface area contributed by atoms with Crippen molar-refractivity contribution in [2.45, 2.75) is 39.0 Å². The Bertz CT molecular complexity index is 662. The fourth-order valence-electron chi connectivity index (χ4n) is 3.46. The third-order valence-electron chi connectivity index (χ3n) is 5.00. The molecule has 0 atom stereocenters. The molecule has 0 spiro atoms. The van der Waals surface area contributed by atoms with Crippen molar-refractivity contribution in [3.63, 3.8) is 0 Å². The van der Waals surface area contributed by atoms with Crippen LogP contribution in [0.1, 0.15) is 49.5 Å². The van der Waals surface area contributed by atoms with Crippen LogP contribution in [0.15, 0.2) is 18.2 Å². The number of ether oxygens (including phenoxy) is 1. The summed E-state index contributed by atoms with van der Waals surface area (Å²) in [7, 11) is 1.67. The van der Waals surface area contributed by atoms with Crippen LogP contribution in [0.5, 0.6) is 0 Å². The highest BCUT2D eigenvalue weighted by molar-refractivity contribution is 5.95. The van der Waals surface area contributed by atoms with Crippen LogP contribution in [-0.2, 0) is 10.2 Å². The standard InChI is InChI=1S/C19H29N3O4.ClH/c1-18(2,3)15-6-5-14(11-16(15)22(24)25)17(23)21-12-19(13-26-4)7-9-20-10-8-19;/h5-6,11,20H,7-10,12-13H2,1-4H3,(H,21,23);1H. The van der Waals surface area contributed by atoms with Crippen molar-refractivity contribution in [2.24, 2.45) is 5.41 Å². The topological polar surface area (TPSA) is 93.5 Å². The van der Waals surface area contributed by atoms with Crippen LogP contribution in [0.25, 0.3) is 0 Å². The summed E-state index contributed by atoms with van der Waals surface area (Å²) in [6.45, 7) is 8.62. The summed E-state index contributed by atoms with van der Waals surface area (Å²) in [6.07, 6.45) is 1.84. The molecule has 7 nitrogen and oxygen atoms in total. The minimum absolute atomic E-state index is 0. The number of benzene rings is 1. The third kappa shape index (κ3) is 5.89. The summed E-state index contributed by atoms with van der Waals surface area (Å²) < 4.78 is 5.36. The van der Waals surface area contributed by atoms with Crippen molar-refractivity contribution in [1.82, 2.24) is 10.6 Å². The Labute approximate surface area is 166 Å². The van der Waals surface area contributed by atoms with Gasteiger partial charge < -0.3 is 15.4 Å². The lowest BCUT2D eigenvalue weighted by Crippen LogP contribution is -2.47. The van der Waals surface area contributed by atoms with Crippen molar-refractivity contribution < 1.29 is 14.5 Å². The summed E-state index contributed by atoms with van der Waals surface area (Å²) in [5.41, 5.74) is 0.459. The Morgan fingerprint density at radius 3 is 2.48 bits per heavy atom. The van der Waals surface area contributed by atoms with Crippen LogP contribution in [0, 0.1) is 15.5 Å². The first-order valence-corrected chi connectivity index (χ1v) is 8.95. The number of hydrogen-bond acceptors (Lipinski definition) is 5. The molecule has 0 radical (unpaired) electrons. The fraction of sp³-hybridized carbons (Fsp3) is 0.632. The average molecular weight is 400 g/mol. The Kier molecular flexibility index (Phi) is 8.20. The van der Waals surface area contributed by atoms with Gasteiger partial charge in [-0.25, -0.2) is 0 Å². The van der Waals surface area contributed by atoms with E-state index >= 15 is 0 Å². The second-order valence-corrected chi connectivity index (χ2v) is 8.10. The molecule has 2 rings (SSSR count). The van der Waals surface area contributed by atoms with Crippen LogP contribution in [0.3, 0.4) is 0 Å². The van der Waals surface area contributed by atoms with Crippen molar-refractivity contribution in [2.75, 3.05) is 33.4 Å². The second-order valence-electron chi connectivity index (χ2n) is 8.10. The summed E-state index contributed by atoms with van der Waals surface area (Å²) in [5, 5.41) is 17.7. The third-order valence-corrected chi connectivity index (χ3v) is 5.00. The van der Waals surface area contributed by atoms with Gasteiger partial charge in [0.05, 0.1) is 11.5 Å². The van der Waals surface area contributed by atoms with Crippen LogP contribution >= 0.6 is 12.4 Å². The number of halogens is 1. The molecular weight excluding hydrogens is 370 g/mol. The fourth-order valence-corrected chi connectivity index (χ4v) is 3.46. The van der Waals surface area contributed by atoms with E-state index in [9.17, 15) is 14.9 Å². The number of carbonyl (C=O) groups is 1. The first kappa shape index (κ1) is 23.3. The molecule has 1 aliphatic rings. The monoisotopic (exact) mass is 399 g/mol. The van der Waals surface area contributed by atoms with Gasteiger partial charge in [-0.1, -0.05) is 26.8 Å². The molecule has 1 aromatic rings. The van der Waals surface area contributed by atoms with Crippen LogP contribution in [0.2, 0.25) is 0 Å². The van der Waals surface area contributed by atoms with Gasteiger partial charge in [-0.2, -0.15) is 0 Å². The molecule has 1 aliphatic heterocycles. The van der Waals surface area contributed by atoms with E-state index in [1.807, 2.05) is 20.8 Å². The number of hydrogen-bond donors (Lipinski definition) is 2. The van der Waals surface area contributed by atoms with Gasteiger partial charge >= 0.3 is 0 Å². The lowest BCUT2D eigenvalue weighted by atomic mass is 9.79. The maximum Gasteiger partial charge on any atom is 0.273 e. The number of rotatable bonds is 6. The quantitative estimate of drug-likeness (QED) is 0.566. The predicted molar refractivity (Wildman–Crippen MR) is 108 cm³/mol. The molecule has 1 amide bonds. The van der Waals surface area contributed by atoms with E-state index in [2.05, 4.69) is 10.6 Å². The largest absolute Gasteiger partial charge is 0.384 e.